The molecule has 3 aromatic carbocycles. The third-order valence-corrected chi connectivity index (χ3v) is 5.74. The first kappa shape index (κ1) is 24.5. The van der Waals surface area contributed by atoms with Crippen molar-refractivity contribution in [3.05, 3.63) is 103 Å². The van der Waals surface area contributed by atoms with Gasteiger partial charge in [-0.2, -0.15) is 0 Å². The fraction of sp³-hybridized carbons (Fsp3) is 0.138. The summed E-state index contributed by atoms with van der Waals surface area (Å²) in [4.78, 5) is 35.5. The van der Waals surface area contributed by atoms with Gasteiger partial charge in [0, 0.05) is 12.0 Å². The summed E-state index contributed by atoms with van der Waals surface area (Å²) in [7, 11) is 0. The molecule has 0 saturated carbocycles. The van der Waals surface area contributed by atoms with Crippen LogP contribution in [0.1, 0.15) is 40.7 Å². The molecule has 0 fully saturated rings. The molecule has 1 unspecified atom stereocenters. The Bertz CT molecular complexity index is 1340. The molecule has 36 heavy (non-hydrogen) atoms. The van der Waals surface area contributed by atoms with E-state index in [1.165, 1.54) is 0 Å². The highest BCUT2D eigenvalue weighted by atomic mass is 16.5. The molecule has 0 spiro atoms. The summed E-state index contributed by atoms with van der Waals surface area (Å²) in [5, 5.41) is 0. The van der Waals surface area contributed by atoms with Crippen LogP contribution in [0.3, 0.4) is 0 Å². The maximum atomic E-state index is 12.7. The van der Waals surface area contributed by atoms with Gasteiger partial charge in [0.15, 0.2) is 0 Å². The van der Waals surface area contributed by atoms with Gasteiger partial charge in [0.2, 0.25) is 0 Å². The summed E-state index contributed by atoms with van der Waals surface area (Å²) in [6, 6.07) is 17.5. The maximum absolute atomic E-state index is 12.7. The van der Waals surface area contributed by atoms with Crippen molar-refractivity contribution in [3.8, 4) is 28.4 Å². The molecule has 7 heteroatoms. The number of fused-ring (bicyclic) bond motifs is 3. The standard InChI is InChI=1S/C29H24O7/c1-4-27(30)35-21-10-12-23-24-13-11-22(17-26(24)18(3)25(23)16-21)36-29(32)19-6-8-20(9-7-19)34-15-14-28(31)33-5-2/h4-13,16-18H,1-2,14-15H2,3H3. The number of carbonyl (C=O) groups is 3. The van der Waals surface area contributed by atoms with Crippen LogP contribution < -0.4 is 14.2 Å². The molecular formula is C29H24O7. The van der Waals surface area contributed by atoms with Crippen molar-refractivity contribution in [1.82, 2.24) is 0 Å². The van der Waals surface area contributed by atoms with Crippen LogP contribution in [0.2, 0.25) is 0 Å². The van der Waals surface area contributed by atoms with Gasteiger partial charge in [0.05, 0.1) is 24.9 Å². The Balaban J connectivity index is 1.41. The molecule has 0 heterocycles. The third kappa shape index (κ3) is 5.36. The van der Waals surface area contributed by atoms with E-state index in [9.17, 15) is 14.4 Å². The lowest BCUT2D eigenvalue weighted by molar-refractivity contribution is -0.138. The lowest BCUT2D eigenvalue weighted by Gasteiger charge is -2.10. The van der Waals surface area contributed by atoms with E-state index in [4.69, 9.17) is 14.2 Å². The molecule has 0 saturated heterocycles. The van der Waals surface area contributed by atoms with Crippen LogP contribution in [0.25, 0.3) is 11.1 Å². The molecule has 0 amide bonds. The van der Waals surface area contributed by atoms with Gasteiger partial charge in [0.25, 0.3) is 0 Å². The highest BCUT2D eigenvalue weighted by Gasteiger charge is 2.27. The van der Waals surface area contributed by atoms with Gasteiger partial charge in [-0.25, -0.2) is 9.59 Å². The molecule has 1 atom stereocenters. The molecule has 7 nitrogen and oxygen atoms in total. The van der Waals surface area contributed by atoms with Gasteiger partial charge in [-0.3, -0.25) is 4.79 Å². The number of ether oxygens (including phenoxy) is 4. The molecule has 0 radical (unpaired) electrons. The molecule has 0 bridgehead atoms. The summed E-state index contributed by atoms with van der Waals surface area (Å²) in [6.45, 7) is 8.93. The smallest absolute Gasteiger partial charge is 0.343 e. The van der Waals surface area contributed by atoms with E-state index < -0.39 is 17.9 Å². The van der Waals surface area contributed by atoms with Crippen molar-refractivity contribution in [2.75, 3.05) is 6.61 Å². The predicted octanol–water partition coefficient (Wildman–Crippen LogP) is 5.59. The van der Waals surface area contributed by atoms with Crippen molar-refractivity contribution in [1.29, 1.82) is 0 Å². The first-order valence-electron chi connectivity index (χ1n) is 11.3. The Kier molecular flexibility index (Phi) is 7.30. The average molecular weight is 485 g/mol. The van der Waals surface area contributed by atoms with E-state index in [2.05, 4.69) is 17.9 Å². The van der Waals surface area contributed by atoms with E-state index in [0.29, 0.717) is 22.8 Å². The van der Waals surface area contributed by atoms with Gasteiger partial charge in [-0.1, -0.05) is 32.2 Å². The zero-order chi connectivity index (χ0) is 25.7. The Morgan fingerprint density at radius 1 is 0.833 bits per heavy atom. The van der Waals surface area contributed by atoms with Gasteiger partial charge >= 0.3 is 17.9 Å². The summed E-state index contributed by atoms with van der Waals surface area (Å²) in [5.41, 5.74) is 4.48. The normalized spacial score (nSPS) is 13.1. The molecule has 182 valence electrons. The van der Waals surface area contributed by atoms with Crippen molar-refractivity contribution < 1.29 is 33.3 Å². The predicted molar refractivity (Wildman–Crippen MR) is 133 cm³/mol. The largest absolute Gasteiger partial charge is 0.493 e. The lowest BCUT2D eigenvalue weighted by atomic mass is 9.99. The van der Waals surface area contributed by atoms with E-state index in [-0.39, 0.29) is 18.9 Å². The molecule has 3 aromatic rings. The van der Waals surface area contributed by atoms with Crippen LogP contribution in [0, 0.1) is 0 Å². The highest BCUT2D eigenvalue weighted by Crippen LogP contribution is 2.47. The van der Waals surface area contributed by atoms with E-state index in [1.54, 1.807) is 36.4 Å². The van der Waals surface area contributed by atoms with Crippen LogP contribution in [0.4, 0.5) is 0 Å². The number of rotatable bonds is 9. The van der Waals surface area contributed by atoms with Crippen LogP contribution in [-0.4, -0.2) is 24.5 Å². The summed E-state index contributed by atoms with van der Waals surface area (Å²) >= 11 is 0. The fourth-order valence-corrected chi connectivity index (χ4v) is 4.00. The monoisotopic (exact) mass is 484 g/mol. The minimum atomic E-state index is -0.514. The number of hydrogen-bond donors (Lipinski definition) is 0. The van der Waals surface area contributed by atoms with Gasteiger partial charge < -0.3 is 18.9 Å². The zero-order valence-electron chi connectivity index (χ0n) is 19.7. The number of carbonyl (C=O) groups excluding carboxylic acids is 3. The molecule has 1 aliphatic carbocycles. The zero-order valence-corrected chi connectivity index (χ0v) is 19.7. The second kappa shape index (κ2) is 10.7. The maximum Gasteiger partial charge on any atom is 0.343 e. The Morgan fingerprint density at radius 3 is 2.00 bits per heavy atom. The van der Waals surface area contributed by atoms with Crippen molar-refractivity contribution in [3.63, 3.8) is 0 Å². The Morgan fingerprint density at radius 2 is 1.42 bits per heavy atom. The van der Waals surface area contributed by atoms with Crippen LogP contribution in [-0.2, 0) is 14.3 Å². The van der Waals surface area contributed by atoms with Crippen LogP contribution in [0.5, 0.6) is 17.2 Å². The first-order chi connectivity index (χ1) is 17.4. The Labute approximate surface area is 208 Å². The topological polar surface area (TPSA) is 88.1 Å². The van der Waals surface area contributed by atoms with Crippen LogP contribution >= 0.6 is 0 Å². The second-order valence-electron chi connectivity index (χ2n) is 8.01. The number of hydrogen-bond acceptors (Lipinski definition) is 7. The van der Waals surface area contributed by atoms with E-state index >= 15 is 0 Å². The van der Waals surface area contributed by atoms with Gasteiger partial charge in [-0.15, -0.1) is 0 Å². The SMILES string of the molecule is C=COC(=O)CCOc1ccc(C(=O)Oc2ccc3c(c2)C(C)c2cc(OC(=O)C=C)ccc2-3)cc1. The average Bonchev–Trinajstić information content (AvgIpc) is 3.15. The number of esters is 3. The number of benzene rings is 3. The fourth-order valence-electron chi connectivity index (χ4n) is 4.00. The second-order valence-corrected chi connectivity index (χ2v) is 8.01. The van der Waals surface area contributed by atoms with Gasteiger partial charge in [0.1, 0.15) is 17.2 Å². The Hall–Kier alpha value is -4.65. The van der Waals surface area contributed by atoms with Crippen molar-refractivity contribution in [2.24, 2.45) is 0 Å². The molecule has 1 aliphatic rings. The molecular weight excluding hydrogens is 460 g/mol. The molecule has 0 aromatic heterocycles. The molecule has 0 aliphatic heterocycles. The quantitative estimate of drug-likeness (QED) is 0.169. The molecule has 4 rings (SSSR count). The van der Waals surface area contributed by atoms with Gasteiger partial charge in [-0.05, 0) is 70.8 Å². The van der Waals surface area contributed by atoms with Crippen LogP contribution in [0.15, 0.2) is 86.2 Å². The third-order valence-electron chi connectivity index (χ3n) is 5.74. The van der Waals surface area contributed by atoms with E-state index in [1.807, 2.05) is 31.2 Å². The highest BCUT2D eigenvalue weighted by molar-refractivity contribution is 5.91. The lowest BCUT2D eigenvalue weighted by Crippen LogP contribution is -2.09. The van der Waals surface area contributed by atoms with Crippen molar-refractivity contribution >= 4 is 17.9 Å². The molecule has 0 N–H and O–H groups in total. The van der Waals surface area contributed by atoms with Crippen molar-refractivity contribution in [2.45, 2.75) is 19.3 Å². The summed E-state index contributed by atoms with van der Waals surface area (Å²) in [5.74, 6) is -0.0326. The summed E-state index contributed by atoms with van der Waals surface area (Å²) in [6.07, 6.45) is 2.27. The minimum absolute atomic E-state index is 0.0243. The van der Waals surface area contributed by atoms with E-state index in [0.717, 1.165) is 34.6 Å². The minimum Gasteiger partial charge on any atom is -0.493 e. The summed E-state index contributed by atoms with van der Waals surface area (Å²) < 4.78 is 21.0. The first-order valence-corrected chi connectivity index (χ1v) is 11.3.